The lowest BCUT2D eigenvalue weighted by molar-refractivity contribution is -0.151. The second-order valence-corrected chi connectivity index (χ2v) is 18.3. The van der Waals surface area contributed by atoms with Crippen LogP contribution in [0.25, 0.3) is 0 Å². The molecule has 3 unspecified atom stereocenters. The summed E-state index contributed by atoms with van der Waals surface area (Å²) in [6.45, 7) is 6.38. The maximum atomic E-state index is 13.2. The highest BCUT2D eigenvalue weighted by molar-refractivity contribution is 5.77. The first kappa shape index (κ1) is 59.8. The largest absolute Gasteiger partial charge is 0.462 e. The van der Waals surface area contributed by atoms with Gasteiger partial charge in [-0.2, -0.15) is 0 Å². The molecule has 0 saturated heterocycles. The van der Waals surface area contributed by atoms with Crippen molar-refractivity contribution in [2.75, 3.05) is 6.61 Å². The molecule has 0 saturated carbocycles. The van der Waals surface area contributed by atoms with Gasteiger partial charge in [0.1, 0.15) is 6.10 Å². The summed E-state index contributed by atoms with van der Waals surface area (Å²) in [4.78, 5) is 26.2. The molecule has 1 amide bonds. The van der Waals surface area contributed by atoms with Crippen molar-refractivity contribution in [2.24, 2.45) is 0 Å². The quantitative estimate of drug-likeness (QED) is 0.0322. The summed E-state index contributed by atoms with van der Waals surface area (Å²) in [6.07, 6.45) is 60.2. The average molecular weight is 870 g/mol. The third kappa shape index (κ3) is 44.4. The maximum absolute atomic E-state index is 13.2. The summed E-state index contributed by atoms with van der Waals surface area (Å²) in [5.74, 6) is -0.500. The van der Waals surface area contributed by atoms with E-state index in [1.165, 1.54) is 141 Å². The van der Waals surface area contributed by atoms with Crippen molar-refractivity contribution in [2.45, 2.75) is 289 Å². The fourth-order valence-corrected chi connectivity index (χ4v) is 8.13. The molecule has 0 aromatic rings. The number of allylic oxidation sites excluding steroid dienone is 8. The van der Waals surface area contributed by atoms with Crippen LogP contribution in [-0.2, 0) is 14.3 Å². The van der Waals surface area contributed by atoms with Crippen LogP contribution in [0.15, 0.2) is 48.6 Å². The molecule has 6 heteroatoms. The number of unbranched alkanes of at least 4 members (excludes halogenated alkanes) is 28. The Morgan fingerprint density at radius 2 is 0.871 bits per heavy atom. The zero-order valence-corrected chi connectivity index (χ0v) is 41.3. The molecule has 0 aliphatic carbocycles. The van der Waals surface area contributed by atoms with Crippen molar-refractivity contribution >= 4 is 11.9 Å². The molecular weight excluding hydrogens is 767 g/mol. The SMILES string of the molecule is CC/C=C/C/C=C/C/C=C/C/C=C/CCCCCC(=O)OC(CCCCCCCCCCCCCCC)CC(=O)NC(CO)C(O)CCCCCCCCCCCCCCCC. The van der Waals surface area contributed by atoms with Crippen LogP contribution < -0.4 is 5.32 Å². The molecule has 0 spiro atoms. The van der Waals surface area contributed by atoms with E-state index >= 15 is 0 Å². The Morgan fingerprint density at radius 1 is 0.484 bits per heavy atom. The Kier molecular flexibility index (Phi) is 48.1. The van der Waals surface area contributed by atoms with Gasteiger partial charge in [-0.05, 0) is 64.2 Å². The number of esters is 1. The van der Waals surface area contributed by atoms with Crippen molar-refractivity contribution in [3.05, 3.63) is 48.6 Å². The first-order chi connectivity index (χ1) is 30.5. The number of hydrogen-bond acceptors (Lipinski definition) is 5. The summed E-state index contributed by atoms with van der Waals surface area (Å²) >= 11 is 0. The lowest BCUT2D eigenvalue weighted by Gasteiger charge is -2.24. The normalized spacial score (nSPS) is 13.6. The van der Waals surface area contributed by atoms with Gasteiger partial charge in [0.2, 0.25) is 5.91 Å². The van der Waals surface area contributed by atoms with Gasteiger partial charge in [-0.3, -0.25) is 9.59 Å². The van der Waals surface area contributed by atoms with Crippen LogP contribution in [-0.4, -0.2) is 46.9 Å². The van der Waals surface area contributed by atoms with Crippen molar-refractivity contribution in [3.8, 4) is 0 Å². The van der Waals surface area contributed by atoms with Crippen molar-refractivity contribution in [1.29, 1.82) is 0 Å². The van der Waals surface area contributed by atoms with E-state index in [1.807, 2.05) is 0 Å². The third-order valence-corrected chi connectivity index (χ3v) is 12.2. The monoisotopic (exact) mass is 870 g/mol. The van der Waals surface area contributed by atoms with E-state index in [0.29, 0.717) is 19.3 Å². The molecule has 362 valence electrons. The number of rotatable bonds is 48. The van der Waals surface area contributed by atoms with Gasteiger partial charge in [0.05, 0.1) is 25.2 Å². The molecule has 3 atom stereocenters. The van der Waals surface area contributed by atoms with Crippen LogP contribution >= 0.6 is 0 Å². The van der Waals surface area contributed by atoms with Crippen LogP contribution in [0.5, 0.6) is 0 Å². The molecule has 0 radical (unpaired) electrons. The van der Waals surface area contributed by atoms with E-state index in [-0.39, 0.29) is 24.9 Å². The van der Waals surface area contributed by atoms with Gasteiger partial charge in [-0.15, -0.1) is 0 Å². The Labute approximate surface area is 385 Å². The summed E-state index contributed by atoms with van der Waals surface area (Å²) in [5, 5.41) is 23.8. The van der Waals surface area contributed by atoms with E-state index < -0.39 is 18.2 Å². The standard InChI is InChI=1S/C56H103NO5/c1-4-7-10-13-16-19-22-25-27-28-31-34-37-40-43-46-49-56(61)62-52(47-44-41-38-35-32-29-24-21-18-15-12-9-6-3)50-55(60)57-53(51-58)54(59)48-45-42-39-36-33-30-26-23-20-17-14-11-8-5-2/h7,10,16,19,25,27,31,34,52-54,58-59H,4-6,8-9,11-15,17-18,20-24,26,28-30,32-33,35-51H2,1-3H3,(H,57,60)/b10-7+,19-16+,27-25+,34-31+. The van der Waals surface area contributed by atoms with Crippen molar-refractivity contribution in [3.63, 3.8) is 0 Å². The number of ether oxygens (including phenoxy) is 1. The molecule has 62 heavy (non-hydrogen) atoms. The smallest absolute Gasteiger partial charge is 0.306 e. The Morgan fingerprint density at radius 3 is 1.31 bits per heavy atom. The van der Waals surface area contributed by atoms with E-state index in [2.05, 4.69) is 74.7 Å². The predicted molar refractivity (Wildman–Crippen MR) is 269 cm³/mol. The van der Waals surface area contributed by atoms with Crippen LogP contribution in [0, 0.1) is 0 Å². The predicted octanol–water partition coefficient (Wildman–Crippen LogP) is 16.2. The minimum Gasteiger partial charge on any atom is -0.462 e. The van der Waals surface area contributed by atoms with Crippen LogP contribution in [0.3, 0.4) is 0 Å². The molecule has 0 aromatic carbocycles. The molecule has 0 bridgehead atoms. The van der Waals surface area contributed by atoms with Crippen LogP contribution in [0.1, 0.15) is 271 Å². The van der Waals surface area contributed by atoms with Gasteiger partial charge in [-0.1, -0.05) is 243 Å². The van der Waals surface area contributed by atoms with E-state index in [4.69, 9.17) is 4.74 Å². The molecule has 0 aliphatic heterocycles. The Balaban J connectivity index is 4.59. The number of hydrogen-bond donors (Lipinski definition) is 3. The lowest BCUT2D eigenvalue weighted by Crippen LogP contribution is -2.46. The topological polar surface area (TPSA) is 95.9 Å². The molecule has 0 fully saturated rings. The van der Waals surface area contributed by atoms with Crippen LogP contribution in [0.4, 0.5) is 0 Å². The molecular formula is C56H103NO5. The average Bonchev–Trinajstić information content (AvgIpc) is 3.26. The van der Waals surface area contributed by atoms with E-state index in [9.17, 15) is 19.8 Å². The lowest BCUT2D eigenvalue weighted by atomic mass is 10.0. The van der Waals surface area contributed by atoms with E-state index in [1.54, 1.807) is 0 Å². The summed E-state index contributed by atoms with van der Waals surface area (Å²) < 4.78 is 5.93. The van der Waals surface area contributed by atoms with Gasteiger partial charge in [-0.25, -0.2) is 0 Å². The van der Waals surface area contributed by atoms with Gasteiger partial charge in [0.25, 0.3) is 0 Å². The number of aliphatic hydroxyl groups is 2. The maximum Gasteiger partial charge on any atom is 0.306 e. The molecule has 6 nitrogen and oxygen atoms in total. The van der Waals surface area contributed by atoms with Crippen molar-refractivity contribution in [1.82, 2.24) is 5.32 Å². The first-order valence-corrected chi connectivity index (χ1v) is 26.9. The van der Waals surface area contributed by atoms with Gasteiger partial charge < -0.3 is 20.3 Å². The molecule has 0 aliphatic rings. The summed E-state index contributed by atoms with van der Waals surface area (Å²) in [5.41, 5.74) is 0. The Bertz CT molecular complexity index is 1070. The number of aliphatic hydroxyl groups excluding tert-OH is 2. The van der Waals surface area contributed by atoms with Crippen molar-refractivity contribution < 1.29 is 24.5 Å². The highest BCUT2D eigenvalue weighted by Gasteiger charge is 2.24. The minimum atomic E-state index is -0.792. The molecule has 0 rings (SSSR count). The van der Waals surface area contributed by atoms with Gasteiger partial charge in [0.15, 0.2) is 0 Å². The van der Waals surface area contributed by atoms with Gasteiger partial charge >= 0.3 is 5.97 Å². The van der Waals surface area contributed by atoms with Crippen LogP contribution in [0.2, 0.25) is 0 Å². The zero-order valence-electron chi connectivity index (χ0n) is 41.3. The number of carbonyl (C=O) groups is 2. The summed E-state index contributed by atoms with van der Waals surface area (Å²) in [7, 11) is 0. The Hall–Kier alpha value is -2.18. The second kappa shape index (κ2) is 49.8. The highest BCUT2D eigenvalue weighted by atomic mass is 16.5. The second-order valence-electron chi connectivity index (χ2n) is 18.3. The third-order valence-electron chi connectivity index (χ3n) is 12.2. The summed E-state index contributed by atoms with van der Waals surface area (Å²) in [6, 6.07) is -0.706. The number of amides is 1. The number of nitrogens with one attached hydrogen (secondary N) is 1. The molecule has 0 aromatic heterocycles. The minimum absolute atomic E-state index is 0.0674. The molecule has 0 heterocycles. The fraction of sp³-hybridized carbons (Fsp3) is 0.821. The molecule has 3 N–H and O–H groups in total. The van der Waals surface area contributed by atoms with E-state index in [0.717, 1.165) is 83.5 Å². The zero-order chi connectivity index (χ0) is 45.2. The first-order valence-electron chi connectivity index (χ1n) is 26.9. The fourth-order valence-electron chi connectivity index (χ4n) is 8.13. The van der Waals surface area contributed by atoms with Gasteiger partial charge in [0, 0.05) is 6.42 Å². The highest BCUT2D eigenvalue weighted by Crippen LogP contribution is 2.18. The number of carbonyl (C=O) groups excluding carboxylic acids is 2.